The van der Waals surface area contributed by atoms with Crippen LogP contribution in [-0.4, -0.2) is 89.3 Å². The van der Waals surface area contributed by atoms with Crippen molar-refractivity contribution in [1.82, 2.24) is 0 Å². The molecule has 8 nitrogen and oxygen atoms in total. The summed E-state index contributed by atoms with van der Waals surface area (Å²) in [7, 11) is 1.55. The smallest absolute Gasteiger partial charge is 0.186 e. The van der Waals surface area contributed by atoms with E-state index in [1.54, 1.807) is 7.11 Å². The first kappa shape index (κ1) is 24.0. The summed E-state index contributed by atoms with van der Waals surface area (Å²) < 4.78 is 23.3. The average Bonchev–Trinajstić information content (AvgIpc) is 2.67. The number of hydrogen-bond acceptors (Lipinski definition) is 8. The van der Waals surface area contributed by atoms with Gasteiger partial charge in [0.2, 0.25) is 0 Å². The van der Waals surface area contributed by atoms with Crippen LogP contribution in [-0.2, 0) is 18.9 Å². The van der Waals surface area contributed by atoms with E-state index >= 15 is 0 Å². The van der Waals surface area contributed by atoms with Gasteiger partial charge in [-0.3, -0.25) is 0 Å². The van der Waals surface area contributed by atoms with E-state index in [9.17, 15) is 20.4 Å². The molecule has 10 atom stereocenters. The van der Waals surface area contributed by atoms with Gasteiger partial charge >= 0.3 is 0 Å². The van der Waals surface area contributed by atoms with Crippen molar-refractivity contribution in [3.63, 3.8) is 0 Å². The zero-order chi connectivity index (χ0) is 21.0. The van der Waals surface area contributed by atoms with Gasteiger partial charge in [-0.05, 0) is 25.2 Å². The highest BCUT2D eigenvalue weighted by Gasteiger charge is 2.50. The van der Waals surface area contributed by atoms with E-state index in [0.29, 0.717) is 12.3 Å². The molecule has 2 aliphatic rings. The van der Waals surface area contributed by atoms with Crippen molar-refractivity contribution < 1.29 is 39.4 Å². The monoisotopic (exact) mass is 406 g/mol. The Morgan fingerprint density at radius 3 is 2.04 bits per heavy atom. The van der Waals surface area contributed by atoms with Crippen molar-refractivity contribution in [3.05, 3.63) is 0 Å². The van der Waals surface area contributed by atoms with Crippen molar-refractivity contribution >= 4 is 0 Å². The van der Waals surface area contributed by atoms with Gasteiger partial charge in [-0.25, -0.2) is 0 Å². The summed E-state index contributed by atoms with van der Waals surface area (Å²) in [6, 6.07) is 0. The van der Waals surface area contributed by atoms with E-state index in [1.807, 2.05) is 13.8 Å². The van der Waals surface area contributed by atoms with E-state index < -0.39 is 49.0 Å². The quantitative estimate of drug-likeness (QED) is 0.459. The van der Waals surface area contributed by atoms with Crippen LogP contribution in [0.5, 0.6) is 0 Å². The van der Waals surface area contributed by atoms with Crippen LogP contribution in [0.4, 0.5) is 0 Å². The minimum absolute atomic E-state index is 0.0125. The van der Waals surface area contributed by atoms with Gasteiger partial charge in [0.25, 0.3) is 0 Å². The number of aliphatic hydroxyl groups excluding tert-OH is 4. The lowest BCUT2D eigenvalue weighted by atomic mass is 9.83. The second-order valence-corrected chi connectivity index (χ2v) is 8.32. The first-order valence-corrected chi connectivity index (χ1v) is 10.4. The first-order chi connectivity index (χ1) is 13.3. The normalized spacial score (nSPS) is 44.8. The molecular formula is C20H38O8. The molecule has 2 fully saturated rings. The summed E-state index contributed by atoms with van der Waals surface area (Å²) >= 11 is 0. The van der Waals surface area contributed by atoms with Crippen molar-refractivity contribution in [2.45, 2.75) is 102 Å². The number of methoxy groups -OCH3 is 1. The lowest BCUT2D eigenvalue weighted by molar-refractivity contribution is -0.337. The number of ether oxygens (including phenoxy) is 4. The van der Waals surface area contributed by atoms with Gasteiger partial charge in [0.15, 0.2) is 6.29 Å². The maximum absolute atomic E-state index is 10.8. The molecule has 0 bridgehead atoms. The summed E-state index contributed by atoms with van der Waals surface area (Å²) in [5.41, 5.74) is 0. The topological polar surface area (TPSA) is 118 Å². The number of hydrogen-bond donors (Lipinski definition) is 4. The van der Waals surface area contributed by atoms with Gasteiger partial charge in [0.1, 0.15) is 30.5 Å². The summed E-state index contributed by atoms with van der Waals surface area (Å²) in [6.07, 6.45) is -5.58. The molecule has 0 amide bonds. The van der Waals surface area contributed by atoms with E-state index in [1.165, 1.54) is 0 Å². The standard InChI is InChI=1S/C20H38O8/c1-6-11-13(8-10(3)4)27-20(17(24)18(11)25-5)28-19-14(9-21)26-12(7-2)15(22)16(19)23/h10-24H,6-9H2,1-5H3/t11-,12?,13-,14-,15+,16-,17-,18+,19-,20+/m1/s1. The molecule has 166 valence electrons. The fraction of sp³-hybridized carbons (Fsp3) is 1.00. The van der Waals surface area contributed by atoms with Crippen LogP contribution in [0.2, 0.25) is 0 Å². The lowest BCUT2D eigenvalue weighted by Crippen LogP contribution is -2.63. The molecule has 2 rings (SSSR count). The minimum Gasteiger partial charge on any atom is -0.394 e. The molecule has 2 heterocycles. The molecule has 4 N–H and O–H groups in total. The highest BCUT2D eigenvalue weighted by Crippen LogP contribution is 2.36. The van der Waals surface area contributed by atoms with Crippen LogP contribution in [0, 0.1) is 11.8 Å². The van der Waals surface area contributed by atoms with E-state index in [-0.39, 0.29) is 18.6 Å². The third-order valence-electron chi connectivity index (χ3n) is 5.93. The Morgan fingerprint density at radius 1 is 0.857 bits per heavy atom. The molecule has 1 unspecified atom stereocenters. The van der Waals surface area contributed by atoms with Gasteiger partial charge in [0, 0.05) is 13.0 Å². The van der Waals surface area contributed by atoms with Crippen molar-refractivity contribution in [2.24, 2.45) is 11.8 Å². The van der Waals surface area contributed by atoms with Crippen LogP contribution in [0.25, 0.3) is 0 Å². The van der Waals surface area contributed by atoms with E-state index in [4.69, 9.17) is 18.9 Å². The number of aliphatic hydroxyl groups is 4. The Balaban J connectivity index is 2.19. The molecule has 2 aliphatic heterocycles. The minimum atomic E-state index is -1.26. The van der Waals surface area contributed by atoms with Crippen molar-refractivity contribution in [1.29, 1.82) is 0 Å². The molecule has 0 aromatic rings. The molecule has 0 aromatic carbocycles. The molecule has 0 radical (unpaired) electrons. The summed E-state index contributed by atoms with van der Waals surface area (Å²) in [6.45, 7) is 7.67. The molecule has 0 saturated carbocycles. The number of rotatable bonds is 8. The van der Waals surface area contributed by atoms with E-state index in [2.05, 4.69) is 13.8 Å². The zero-order valence-electron chi connectivity index (χ0n) is 17.6. The van der Waals surface area contributed by atoms with Gasteiger partial charge in [-0.2, -0.15) is 0 Å². The molecule has 2 saturated heterocycles. The summed E-state index contributed by atoms with van der Waals surface area (Å²) in [5.74, 6) is 0.395. The van der Waals surface area contributed by atoms with Crippen molar-refractivity contribution in [2.75, 3.05) is 13.7 Å². The fourth-order valence-electron chi connectivity index (χ4n) is 4.41. The van der Waals surface area contributed by atoms with Crippen LogP contribution in [0.15, 0.2) is 0 Å². The maximum atomic E-state index is 10.8. The lowest BCUT2D eigenvalue weighted by Gasteiger charge is -2.48. The Hall–Kier alpha value is -0.320. The fourth-order valence-corrected chi connectivity index (χ4v) is 4.41. The third-order valence-corrected chi connectivity index (χ3v) is 5.93. The molecule has 0 aromatic heterocycles. The predicted octanol–water partition coefficient (Wildman–Crippen LogP) is 0.436. The Kier molecular flexibility index (Phi) is 9.10. The van der Waals surface area contributed by atoms with Gasteiger partial charge in [-0.15, -0.1) is 0 Å². The Bertz CT molecular complexity index is 459. The second kappa shape index (κ2) is 10.6. The molecular weight excluding hydrogens is 368 g/mol. The van der Waals surface area contributed by atoms with E-state index in [0.717, 1.165) is 12.8 Å². The van der Waals surface area contributed by atoms with Crippen LogP contribution >= 0.6 is 0 Å². The highest BCUT2D eigenvalue weighted by atomic mass is 16.7. The Morgan fingerprint density at radius 2 is 1.54 bits per heavy atom. The van der Waals surface area contributed by atoms with Crippen molar-refractivity contribution in [3.8, 4) is 0 Å². The SMILES string of the molecule is CCC1O[C@H](CO)[C@@H](O[C@@H]2O[C@H](CC(C)C)[C@@H](CC)[C@H](OC)[C@H]2O)[C@H](O)[C@H]1O. The third kappa shape index (κ3) is 5.05. The van der Waals surface area contributed by atoms with Gasteiger partial charge < -0.3 is 39.4 Å². The average molecular weight is 407 g/mol. The second-order valence-electron chi connectivity index (χ2n) is 8.32. The maximum Gasteiger partial charge on any atom is 0.186 e. The molecule has 8 heteroatoms. The Labute approximate surface area is 167 Å². The predicted molar refractivity (Wildman–Crippen MR) is 102 cm³/mol. The first-order valence-electron chi connectivity index (χ1n) is 10.4. The summed E-state index contributed by atoms with van der Waals surface area (Å²) in [5, 5.41) is 41.4. The zero-order valence-corrected chi connectivity index (χ0v) is 17.6. The molecule has 0 spiro atoms. The van der Waals surface area contributed by atoms with Crippen LogP contribution in [0.3, 0.4) is 0 Å². The molecule has 0 aliphatic carbocycles. The summed E-state index contributed by atoms with van der Waals surface area (Å²) in [4.78, 5) is 0. The van der Waals surface area contributed by atoms with Crippen LogP contribution in [0.1, 0.15) is 47.0 Å². The largest absolute Gasteiger partial charge is 0.394 e. The molecule has 28 heavy (non-hydrogen) atoms. The van der Waals surface area contributed by atoms with Gasteiger partial charge in [0.05, 0.1) is 24.9 Å². The van der Waals surface area contributed by atoms with Crippen LogP contribution < -0.4 is 0 Å². The van der Waals surface area contributed by atoms with Gasteiger partial charge in [-0.1, -0.05) is 27.7 Å². The highest BCUT2D eigenvalue weighted by molar-refractivity contribution is 4.95.